The van der Waals surface area contributed by atoms with Gasteiger partial charge in [-0.25, -0.2) is 9.78 Å². The van der Waals surface area contributed by atoms with E-state index < -0.39 is 11.9 Å². The summed E-state index contributed by atoms with van der Waals surface area (Å²) in [4.78, 5) is 25.4. The van der Waals surface area contributed by atoms with Crippen LogP contribution in [0.15, 0.2) is 18.3 Å². The van der Waals surface area contributed by atoms with Crippen LogP contribution in [0.25, 0.3) is 6.08 Å². The van der Waals surface area contributed by atoms with Crippen LogP contribution in [-0.4, -0.2) is 29.1 Å². The molecule has 0 aliphatic rings. The first-order chi connectivity index (χ1) is 8.04. The van der Waals surface area contributed by atoms with Crippen LogP contribution < -0.4 is 5.73 Å². The highest BCUT2D eigenvalue weighted by Crippen LogP contribution is 2.13. The highest BCUT2D eigenvalue weighted by Gasteiger charge is 2.10. The van der Waals surface area contributed by atoms with Crippen LogP contribution in [0.3, 0.4) is 0 Å². The van der Waals surface area contributed by atoms with E-state index in [0.29, 0.717) is 5.56 Å². The largest absolute Gasteiger partial charge is 0.481 e. The standard InChI is InChI=1S/C11H12N2O4/c1-17-11(16)8-5-7(6-13-10(8)12)3-2-4-9(14)15/h2-3,5-6H,4H2,1H3,(H2,12,13)(H,14,15). The van der Waals surface area contributed by atoms with Crippen molar-refractivity contribution in [2.24, 2.45) is 0 Å². The Hall–Kier alpha value is -2.37. The van der Waals surface area contributed by atoms with E-state index in [1.54, 1.807) is 6.08 Å². The second-order valence-electron chi connectivity index (χ2n) is 3.19. The zero-order valence-corrected chi connectivity index (χ0v) is 9.21. The molecule has 1 aromatic rings. The molecule has 1 heterocycles. The molecule has 0 fully saturated rings. The lowest BCUT2D eigenvalue weighted by molar-refractivity contribution is -0.135. The van der Waals surface area contributed by atoms with Gasteiger partial charge in [-0.2, -0.15) is 0 Å². The Morgan fingerprint density at radius 2 is 2.29 bits per heavy atom. The number of rotatable bonds is 4. The summed E-state index contributed by atoms with van der Waals surface area (Å²) in [5.74, 6) is -1.44. The minimum absolute atomic E-state index is 0.0761. The monoisotopic (exact) mass is 236 g/mol. The first-order valence-corrected chi connectivity index (χ1v) is 4.76. The predicted molar refractivity (Wildman–Crippen MR) is 61.3 cm³/mol. The number of nitrogen functional groups attached to an aromatic ring is 1. The van der Waals surface area contributed by atoms with Gasteiger partial charge in [0, 0.05) is 6.20 Å². The van der Waals surface area contributed by atoms with Gasteiger partial charge in [-0.1, -0.05) is 12.2 Å². The van der Waals surface area contributed by atoms with Crippen LogP contribution in [0, 0.1) is 0 Å². The van der Waals surface area contributed by atoms with Gasteiger partial charge in [0.1, 0.15) is 11.4 Å². The molecule has 0 atom stereocenters. The maximum Gasteiger partial charge on any atom is 0.341 e. The number of carbonyl (C=O) groups is 2. The number of hydrogen-bond donors (Lipinski definition) is 2. The molecular weight excluding hydrogens is 224 g/mol. The predicted octanol–water partition coefficient (Wildman–Crippen LogP) is 0.938. The molecule has 6 heteroatoms. The number of methoxy groups -OCH3 is 1. The summed E-state index contributed by atoms with van der Waals surface area (Å²) in [6, 6.07) is 1.49. The van der Waals surface area contributed by atoms with E-state index in [0.717, 1.165) is 0 Å². The number of carbonyl (C=O) groups excluding carboxylic acids is 1. The van der Waals surface area contributed by atoms with Crippen molar-refractivity contribution in [3.8, 4) is 0 Å². The van der Waals surface area contributed by atoms with E-state index in [1.165, 1.54) is 25.4 Å². The fraction of sp³-hybridized carbons (Fsp3) is 0.182. The molecule has 0 saturated heterocycles. The van der Waals surface area contributed by atoms with Gasteiger partial charge in [0.15, 0.2) is 0 Å². The highest BCUT2D eigenvalue weighted by molar-refractivity contribution is 5.94. The minimum Gasteiger partial charge on any atom is -0.481 e. The number of ether oxygens (including phenoxy) is 1. The van der Waals surface area contributed by atoms with E-state index in [1.807, 2.05) is 0 Å². The summed E-state index contributed by atoms with van der Waals surface area (Å²) in [5.41, 5.74) is 6.25. The number of nitrogens with zero attached hydrogens (tertiary/aromatic N) is 1. The molecule has 0 bridgehead atoms. The number of nitrogens with two attached hydrogens (primary N) is 1. The van der Waals surface area contributed by atoms with E-state index in [4.69, 9.17) is 10.8 Å². The summed E-state index contributed by atoms with van der Waals surface area (Å²) < 4.78 is 4.54. The molecule has 0 aliphatic carbocycles. The molecule has 0 amide bonds. The summed E-state index contributed by atoms with van der Waals surface area (Å²) in [5, 5.41) is 8.46. The number of aliphatic carboxylic acids is 1. The van der Waals surface area contributed by atoms with Crippen LogP contribution in [-0.2, 0) is 9.53 Å². The minimum atomic E-state index is -0.933. The van der Waals surface area contributed by atoms with E-state index in [-0.39, 0.29) is 17.8 Å². The first-order valence-electron chi connectivity index (χ1n) is 4.76. The number of hydrogen-bond acceptors (Lipinski definition) is 5. The number of anilines is 1. The summed E-state index contributed by atoms with van der Waals surface area (Å²) >= 11 is 0. The van der Waals surface area contributed by atoms with Crippen molar-refractivity contribution < 1.29 is 19.4 Å². The van der Waals surface area contributed by atoms with Crippen LogP contribution in [0.2, 0.25) is 0 Å². The van der Waals surface area contributed by atoms with Crippen LogP contribution in [0.1, 0.15) is 22.3 Å². The van der Waals surface area contributed by atoms with Crippen molar-refractivity contribution in [3.05, 3.63) is 29.5 Å². The zero-order chi connectivity index (χ0) is 12.8. The molecule has 0 saturated carbocycles. The Bertz CT molecular complexity index is 469. The third-order valence-corrected chi connectivity index (χ3v) is 1.95. The third kappa shape index (κ3) is 3.60. The van der Waals surface area contributed by atoms with Crippen molar-refractivity contribution in [3.63, 3.8) is 0 Å². The SMILES string of the molecule is COC(=O)c1cc(C=CCC(=O)O)cnc1N. The molecule has 1 rings (SSSR count). The van der Waals surface area contributed by atoms with E-state index >= 15 is 0 Å². The number of esters is 1. The molecule has 0 aromatic carbocycles. The fourth-order valence-corrected chi connectivity index (χ4v) is 1.15. The Morgan fingerprint density at radius 3 is 2.88 bits per heavy atom. The molecule has 17 heavy (non-hydrogen) atoms. The summed E-state index contributed by atoms with van der Waals surface area (Å²) in [6.07, 6.45) is 4.35. The van der Waals surface area contributed by atoms with Gasteiger partial charge in [0.2, 0.25) is 0 Å². The molecule has 0 aliphatic heterocycles. The Balaban J connectivity index is 2.92. The third-order valence-electron chi connectivity index (χ3n) is 1.95. The molecule has 0 radical (unpaired) electrons. The van der Waals surface area contributed by atoms with Crippen molar-refractivity contribution in [2.75, 3.05) is 12.8 Å². The molecule has 0 spiro atoms. The lowest BCUT2D eigenvalue weighted by Crippen LogP contribution is -2.07. The maximum absolute atomic E-state index is 11.3. The van der Waals surface area contributed by atoms with Crippen molar-refractivity contribution in [1.29, 1.82) is 0 Å². The molecular formula is C11H12N2O4. The van der Waals surface area contributed by atoms with Gasteiger partial charge in [0.05, 0.1) is 13.5 Å². The van der Waals surface area contributed by atoms with E-state index in [2.05, 4.69) is 9.72 Å². The maximum atomic E-state index is 11.3. The zero-order valence-electron chi connectivity index (χ0n) is 9.21. The molecule has 0 unspecified atom stereocenters. The normalized spacial score (nSPS) is 10.4. The average molecular weight is 236 g/mol. The molecule has 3 N–H and O–H groups in total. The quantitative estimate of drug-likeness (QED) is 0.754. The molecule has 6 nitrogen and oxygen atoms in total. The lowest BCUT2D eigenvalue weighted by Gasteiger charge is -2.03. The van der Waals surface area contributed by atoms with Crippen LogP contribution >= 0.6 is 0 Å². The number of carboxylic acid groups (broad SMARTS) is 1. The lowest BCUT2D eigenvalue weighted by atomic mass is 10.1. The summed E-state index contributed by atoms with van der Waals surface area (Å²) in [6.45, 7) is 0. The Labute approximate surface area is 97.7 Å². The Kier molecular flexibility index (Phi) is 4.21. The number of pyridine rings is 1. The van der Waals surface area contributed by atoms with Gasteiger partial charge < -0.3 is 15.6 Å². The van der Waals surface area contributed by atoms with Crippen LogP contribution in [0.4, 0.5) is 5.82 Å². The highest BCUT2D eigenvalue weighted by atomic mass is 16.5. The van der Waals surface area contributed by atoms with Crippen LogP contribution in [0.5, 0.6) is 0 Å². The first kappa shape index (κ1) is 12.7. The van der Waals surface area contributed by atoms with Gasteiger partial charge >= 0.3 is 11.9 Å². The topological polar surface area (TPSA) is 103 Å². The Morgan fingerprint density at radius 1 is 1.59 bits per heavy atom. The van der Waals surface area contributed by atoms with Gasteiger partial charge in [-0.15, -0.1) is 0 Å². The second-order valence-corrected chi connectivity index (χ2v) is 3.19. The van der Waals surface area contributed by atoms with E-state index in [9.17, 15) is 9.59 Å². The molecule has 90 valence electrons. The number of carboxylic acids is 1. The average Bonchev–Trinajstić information content (AvgIpc) is 2.30. The van der Waals surface area contributed by atoms with Gasteiger partial charge in [-0.05, 0) is 11.6 Å². The van der Waals surface area contributed by atoms with Crippen molar-refractivity contribution in [2.45, 2.75) is 6.42 Å². The van der Waals surface area contributed by atoms with Crippen molar-refractivity contribution in [1.82, 2.24) is 4.98 Å². The fourth-order valence-electron chi connectivity index (χ4n) is 1.15. The summed E-state index contributed by atoms with van der Waals surface area (Å²) in [7, 11) is 1.24. The number of aromatic nitrogens is 1. The molecule has 1 aromatic heterocycles. The second kappa shape index (κ2) is 5.64. The van der Waals surface area contributed by atoms with Crippen molar-refractivity contribution >= 4 is 23.8 Å². The van der Waals surface area contributed by atoms with Gasteiger partial charge in [0.25, 0.3) is 0 Å². The smallest absolute Gasteiger partial charge is 0.341 e. The van der Waals surface area contributed by atoms with Gasteiger partial charge in [-0.3, -0.25) is 4.79 Å².